The van der Waals surface area contributed by atoms with Crippen molar-refractivity contribution < 1.29 is 13.6 Å². The van der Waals surface area contributed by atoms with Crippen LogP contribution >= 0.6 is 23.4 Å². The molecule has 0 fully saturated rings. The molecular formula is C32H28ClF2N5O2S. The molecule has 0 radical (unpaired) electrons. The molecule has 1 amide bonds. The summed E-state index contributed by atoms with van der Waals surface area (Å²) < 4.78 is 30.3. The second kappa shape index (κ2) is 13.4. The number of aromatic nitrogens is 4. The van der Waals surface area contributed by atoms with Crippen LogP contribution in [0.1, 0.15) is 22.3 Å². The number of amides is 1. The van der Waals surface area contributed by atoms with Crippen LogP contribution in [0.2, 0.25) is 5.02 Å². The van der Waals surface area contributed by atoms with Crippen molar-refractivity contribution >= 4 is 29.3 Å². The van der Waals surface area contributed by atoms with Gasteiger partial charge in [-0.15, -0.1) is 0 Å². The highest BCUT2D eigenvalue weighted by Gasteiger charge is 2.16. The smallest absolute Gasteiger partial charge is 0.277 e. The molecule has 7 nitrogen and oxygen atoms in total. The number of aryl methyl sites for hydroxylation is 1. The van der Waals surface area contributed by atoms with Gasteiger partial charge in [-0.05, 0) is 52.1 Å². The van der Waals surface area contributed by atoms with E-state index in [4.69, 9.17) is 11.6 Å². The minimum atomic E-state index is -0.471. The summed E-state index contributed by atoms with van der Waals surface area (Å²) in [6.45, 7) is 0.333. The monoisotopic (exact) mass is 619 g/mol. The largest absolute Gasteiger partial charge is 0.340 e. The highest BCUT2D eigenvalue weighted by molar-refractivity contribution is 7.98. The van der Waals surface area contributed by atoms with Crippen molar-refractivity contribution in [2.45, 2.75) is 30.4 Å². The maximum Gasteiger partial charge on any atom is 0.277 e. The van der Waals surface area contributed by atoms with Crippen molar-refractivity contribution in [2.24, 2.45) is 7.05 Å². The molecule has 3 aromatic carbocycles. The topological polar surface area (TPSA) is 73.0 Å². The van der Waals surface area contributed by atoms with Gasteiger partial charge in [-0.25, -0.2) is 8.78 Å². The van der Waals surface area contributed by atoms with E-state index in [9.17, 15) is 18.4 Å². The van der Waals surface area contributed by atoms with Crippen molar-refractivity contribution in [1.82, 2.24) is 24.2 Å². The Morgan fingerprint density at radius 2 is 1.65 bits per heavy atom. The van der Waals surface area contributed by atoms with Crippen LogP contribution in [0.4, 0.5) is 8.78 Å². The number of hydrogen-bond donors (Lipinski definition) is 0. The molecule has 0 aliphatic rings. The van der Waals surface area contributed by atoms with E-state index in [-0.39, 0.29) is 28.9 Å². The number of benzene rings is 3. The van der Waals surface area contributed by atoms with Crippen molar-refractivity contribution in [3.63, 3.8) is 0 Å². The third-order valence-corrected chi connectivity index (χ3v) is 8.17. The molecule has 0 unspecified atom stereocenters. The lowest BCUT2D eigenvalue weighted by Crippen LogP contribution is -2.31. The first-order chi connectivity index (χ1) is 20.6. The van der Waals surface area contributed by atoms with E-state index in [1.54, 1.807) is 64.9 Å². The Morgan fingerprint density at radius 3 is 2.33 bits per heavy atom. The van der Waals surface area contributed by atoms with E-state index in [2.05, 4.69) is 10.1 Å². The highest BCUT2D eigenvalue weighted by atomic mass is 35.5. The summed E-state index contributed by atoms with van der Waals surface area (Å²) in [5.41, 5.74) is 4.38. The van der Waals surface area contributed by atoms with Crippen LogP contribution in [0.25, 0.3) is 11.1 Å². The van der Waals surface area contributed by atoms with Crippen molar-refractivity contribution in [2.75, 3.05) is 7.05 Å². The van der Waals surface area contributed by atoms with Crippen LogP contribution in [0.5, 0.6) is 0 Å². The first-order valence-electron chi connectivity index (χ1n) is 13.4. The lowest BCUT2D eigenvalue weighted by Gasteiger charge is -2.20. The Kier molecular flexibility index (Phi) is 9.37. The molecular weight excluding hydrogens is 592 g/mol. The molecule has 0 saturated heterocycles. The molecule has 11 heteroatoms. The summed E-state index contributed by atoms with van der Waals surface area (Å²) in [6, 6.07) is 18.3. The van der Waals surface area contributed by atoms with Crippen molar-refractivity contribution in [3.05, 3.63) is 135 Å². The van der Waals surface area contributed by atoms with Gasteiger partial charge >= 0.3 is 0 Å². The molecule has 0 aliphatic carbocycles. The average molecular weight is 620 g/mol. The molecule has 220 valence electrons. The van der Waals surface area contributed by atoms with Crippen molar-refractivity contribution in [3.8, 4) is 11.1 Å². The minimum absolute atomic E-state index is 0.0261. The van der Waals surface area contributed by atoms with E-state index < -0.39 is 5.82 Å². The zero-order chi connectivity index (χ0) is 30.5. The lowest BCUT2D eigenvalue weighted by molar-refractivity contribution is -0.131. The number of halogens is 3. The van der Waals surface area contributed by atoms with Crippen LogP contribution in [0.3, 0.4) is 0 Å². The number of carbonyl (C=O) groups is 1. The maximum atomic E-state index is 13.5. The Labute approximate surface area is 256 Å². The van der Waals surface area contributed by atoms with Gasteiger partial charge < -0.3 is 9.47 Å². The quantitative estimate of drug-likeness (QED) is 0.139. The number of thioether (sulfide) groups is 1. The Balaban J connectivity index is 1.32. The lowest BCUT2D eigenvalue weighted by atomic mass is 10.0. The molecule has 5 rings (SSSR count). The first-order valence-corrected chi connectivity index (χ1v) is 14.7. The van der Waals surface area contributed by atoms with E-state index >= 15 is 0 Å². The fourth-order valence-corrected chi connectivity index (χ4v) is 5.59. The molecule has 0 spiro atoms. The van der Waals surface area contributed by atoms with E-state index in [0.717, 1.165) is 27.8 Å². The summed E-state index contributed by atoms with van der Waals surface area (Å²) in [5.74, 6) is -0.520. The molecule has 2 aromatic heterocycles. The molecule has 43 heavy (non-hydrogen) atoms. The second-order valence-corrected chi connectivity index (χ2v) is 11.5. The van der Waals surface area contributed by atoms with E-state index in [1.807, 2.05) is 30.5 Å². The van der Waals surface area contributed by atoms with Gasteiger partial charge in [0, 0.05) is 50.8 Å². The van der Waals surface area contributed by atoms with E-state index in [1.165, 1.54) is 30.0 Å². The molecule has 0 atom stereocenters. The highest BCUT2D eigenvalue weighted by Crippen LogP contribution is 2.26. The summed E-state index contributed by atoms with van der Waals surface area (Å²) in [5, 5.41) is 4.62. The normalized spacial score (nSPS) is 11.1. The first kappa shape index (κ1) is 30.2. The minimum Gasteiger partial charge on any atom is -0.340 e. The second-order valence-electron chi connectivity index (χ2n) is 10.2. The van der Waals surface area contributed by atoms with Gasteiger partial charge in [-0.3, -0.25) is 14.3 Å². The summed E-state index contributed by atoms with van der Waals surface area (Å²) >= 11 is 7.24. The Bertz CT molecular complexity index is 1810. The predicted molar refractivity (Wildman–Crippen MR) is 164 cm³/mol. The fourth-order valence-electron chi connectivity index (χ4n) is 4.49. The third-order valence-electron chi connectivity index (χ3n) is 6.82. The van der Waals surface area contributed by atoms with Gasteiger partial charge in [0.2, 0.25) is 5.91 Å². The molecule has 0 saturated carbocycles. The summed E-state index contributed by atoms with van der Waals surface area (Å²) in [4.78, 5) is 32.3. The van der Waals surface area contributed by atoms with Gasteiger partial charge in [-0.1, -0.05) is 65.8 Å². The predicted octanol–water partition coefficient (Wildman–Crippen LogP) is 6.12. The van der Waals surface area contributed by atoms with Crippen LogP contribution in [0, 0.1) is 11.6 Å². The number of hydrogen-bond acceptors (Lipinski definition) is 5. The van der Waals surface area contributed by atoms with E-state index in [0.29, 0.717) is 29.4 Å². The zero-order valence-corrected chi connectivity index (χ0v) is 25.1. The number of likely N-dealkylation sites (N-methyl/N-ethyl adjacent to an activating group) is 1. The van der Waals surface area contributed by atoms with Crippen molar-refractivity contribution in [1.29, 1.82) is 0 Å². The SMILES string of the molecule is CN(Cc1ccc(-c2ccc(F)c(Cl)c2)cc1)C(=O)Cn1cc(Cc2cnn(C)c2)c(=O)nc1SCc1ccc(F)cc1. The van der Waals surface area contributed by atoms with Gasteiger partial charge in [0.1, 0.15) is 18.2 Å². The number of carbonyl (C=O) groups excluding carboxylic acids is 1. The van der Waals surface area contributed by atoms with Crippen LogP contribution in [-0.4, -0.2) is 37.2 Å². The number of rotatable bonds is 10. The molecule has 0 N–H and O–H groups in total. The van der Waals surface area contributed by atoms with Gasteiger partial charge in [0.15, 0.2) is 5.16 Å². The third kappa shape index (κ3) is 7.77. The number of nitrogens with zero attached hydrogens (tertiary/aromatic N) is 5. The maximum absolute atomic E-state index is 13.5. The zero-order valence-electron chi connectivity index (χ0n) is 23.5. The Hall–Kier alpha value is -4.28. The summed E-state index contributed by atoms with van der Waals surface area (Å²) in [6.07, 6.45) is 5.54. The molecule has 5 aromatic rings. The summed E-state index contributed by atoms with van der Waals surface area (Å²) in [7, 11) is 3.52. The average Bonchev–Trinajstić information content (AvgIpc) is 3.40. The van der Waals surface area contributed by atoms with Gasteiger partial charge in [0.25, 0.3) is 5.56 Å². The van der Waals surface area contributed by atoms with Crippen LogP contribution < -0.4 is 5.56 Å². The fraction of sp³-hybridized carbons (Fsp3) is 0.188. The van der Waals surface area contributed by atoms with Crippen LogP contribution in [0.15, 0.2) is 95.3 Å². The molecule has 0 aliphatic heterocycles. The standard InChI is InChI=1S/C32H28ClF2N5O2S/c1-38(16-21-3-7-24(8-4-21)25-9-12-29(35)28(33)14-25)30(41)19-40-18-26(13-23-15-36-39(2)17-23)31(42)37-32(40)43-20-22-5-10-27(34)11-6-22/h3-12,14-15,17-18H,13,16,19-20H2,1-2H3. The Morgan fingerprint density at radius 1 is 0.953 bits per heavy atom. The van der Waals surface area contributed by atoms with Gasteiger partial charge in [0.05, 0.1) is 11.2 Å². The molecule has 2 heterocycles. The molecule has 0 bridgehead atoms. The van der Waals surface area contributed by atoms with Crippen LogP contribution in [-0.2, 0) is 37.1 Å². The van der Waals surface area contributed by atoms with Gasteiger partial charge in [-0.2, -0.15) is 10.1 Å².